The number of hydrogen-bond acceptors (Lipinski definition) is 5. The van der Waals surface area contributed by atoms with Crippen LogP contribution < -0.4 is 10.1 Å². The molecule has 1 fully saturated rings. The summed E-state index contributed by atoms with van der Waals surface area (Å²) in [4.78, 5) is 23.7. The Morgan fingerprint density at radius 2 is 2.12 bits per heavy atom. The topological polar surface area (TPSA) is 88.0 Å². The second-order valence-corrected chi connectivity index (χ2v) is 11.2. The van der Waals surface area contributed by atoms with E-state index in [-0.39, 0.29) is 30.1 Å². The lowest BCUT2D eigenvalue weighted by Gasteiger charge is -2.32. The van der Waals surface area contributed by atoms with Crippen LogP contribution in [0.3, 0.4) is 0 Å². The average Bonchev–Trinajstić information content (AvgIpc) is 2.95. The number of nitrogens with one attached hydrogen (secondary N) is 1. The molecule has 0 aromatic heterocycles. The molecule has 0 aliphatic carbocycles. The van der Waals surface area contributed by atoms with E-state index in [0.29, 0.717) is 17.9 Å². The minimum atomic E-state index is -2.60. The zero-order chi connectivity index (χ0) is 17.7. The number of aliphatic hydroxyl groups is 1. The molecule has 132 valence electrons. The van der Waals surface area contributed by atoms with Crippen molar-refractivity contribution in [3.8, 4) is 5.75 Å². The van der Waals surface area contributed by atoms with Crippen LogP contribution in [-0.2, 0) is 15.1 Å². The predicted molar refractivity (Wildman–Crippen MR) is 92.5 cm³/mol. The van der Waals surface area contributed by atoms with Gasteiger partial charge in [-0.05, 0) is 37.7 Å². The summed E-state index contributed by atoms with van der Waals surface area (Å²) < 4.78 is 11.6. The molecule has 0 bridgehead atoms. The van der Waals surface area contributed by atoms with Crippen molar-refractivity contribution in [2.24, 2.45) is 5.92 Å². The van der Waals surface area contributed by atoms with Gasteiger partial charge in [0.15, 0.2) is 13.9 Å². The molecule has 2 aliphatic heterocycles. The SMILES string of the molecule is COc1ccc2c(c1)[C@@]1(O[C@H](CCO)[C@@H]([Si](C)(C)O)[C@@H]1C)C(=O)N2. The molecule has 4 atom stereocenters. The van der Waals surface area contributed by atoms with Crippen molar-refractivity contribution < 1.29 is 24.2 Å². The van der Waals surface area contributed by atoms with Gasteiger partial charge < -0.3 is 24.7 Å². The summed E-state index contributed by atoms with van der Waals surface area (Å²) in [5, 5.41) is 12.3. The fraction of sp³-hybridized carbons (Fsp3) is 0.588. The minimum absolute atomic E-state index is 0.0406. The Hall–Kier alpha value is -1.41. The van der Waals surface area contributed by atoms with Crippen molar-refractivity contribution in [3.63, 3.8) is 0 Å². The van der Waals surface area contributed by atoms with Gasteiger partial charge in [-0.15, -0.1) is 0 Å². The van der Waals surface area contributed by atoms with E-state index < -0.39 is 13.9 Å². The first-order valence-corrected chi connectivity index (χ1v) is 11.3. The van der Waals surface area contributed by atoms with Crippen LogP contribution in [0, 0.1) is 5.92 Å². The molecule has 1 saturated heterocycles. The van der Waals surface area contributed by atoms with E-state index in [4.69, 9.17) is 9.47 Å². The largest absolute Gasteiger partial charge is 0.497 e. The first kappa shape index (κ1) is 17.4. The quantitative estimate of drug-likeness (QED) is 0.720. The van der Waals surface area contributed by atoms with E-state index in [9.17, 15) is 14.7 Å². The van der Waals surface area contributed by atoms with E-state index in [0.717, 1.165) is 5.56 Å². The summed E-state index contributed by atoms with van der Waals surface area (Å²) in [6.45, 7) is 5.64. The van der Waals surface area contributed by atoms with E-state index in [1.54, 1.807) is 13.2 Å². The molecule has 3 N–H and O–H groups in total. The van der Waals surface area contributed by atoms with Crippen LogP contribution >= 0.6 is 0 Å². The average molecular weight is 351 g/mol. The van der Waals surface area contributed by atoms with E-state index >= 15 is 0 Å². The molecule has 2 aliphatic rings. The first-order chi connectivity index (χ1) is 11.3. The Balaban J connectivity index is 2.12. The second-order valence-electron chi connectivity index (χ2n) is 7.24. The monoisotopic (exact) mass is 351 g/mol. The maximum absolute atomic E-state index is 12.9. The number of aliphatic hydroxyl groups excluding tert-OH is 1. The third-order valence-corrected chi connectivity index (χ3v) is 7.86. The molecule has 1 aromatic carbocycles. The number of methoxy groups -OCH3 is 1. The third-order valence-electron chi connectivity index (χ3n) is 5.36. The summed E-state index contributed by atoms with van der Waals surface area (Å²) in [5.41, 5.74) is 0.186. The number of anilines is 1. The van der Waals surface area contributed by atoms with Gasteiger partial charge in [-0.2, -0.15) is 0 Å². The summed E-state index contributed by atoms with van der Waals surface area (Å²) >= 11 is 0. The number of benzene rings is 1. The standard InChI is InChI=1S/C17H25NO5Si/c1-10-15(24(3,4)21)14(7-8-19)23-17(10)12-9-11(22-2)5-6-13(12)18-16(17)20/h5-6,9-10,14-15,19,21H,7-8H2,1-4H3,(H,18,20)/t10-,14+,15-,17+/m0/s1. The molecule has 0 unspecified atom stereocenters. The van der Waals surface area contributed by atoms with Crippen LogP contribution in [0.15, 0.2) is 18.2 Å². The number of fused-ring (bicyclic) bond motifs is 2. The van der Waals surface area contributed by atoms with Crippen molar-refractivity contribution in [2.75, 3.05) is 19.0 Å². The Labute approximate surface area is 142 Å². The number of hydrogen-bond donors (Lipinski definition) is 3. The van der Waals surface area contributed by atoms with Crippen molar-refractivity contribution >= 4 is 19.9 Å². The highest BCUT2D eigenvalue weighted by Gasteiger charge is 2.64. The smallest absolute Gasteiger partial charge is 0.261 e. The normalized spacial score (nSPS) is 32.1. The van der Waals surface area contributed by atoms with Crippen molar-refractivity contribution in [1.82, 2.24) is 0 Å². The molecular formula is C17H25NO5Si. The fourth-order valence-electron chi connectivity index (χ4n) is 4.40. The van der Waals surface area contributed by atoms with Crippen molar-refractivity contribution in [3.05, 3.63) is 23.8 Å². The third kappa shape index (κ3) is 2.38. The van der Waals surface area contributed by atoms with Gasteiger partial charge in [-0.3, -0.25) is 4.79 Å². The maximum atomic E-state index is 12.9. The minimum Gasteiger partial charge on any atom is -0.497 e. The Morgan fingerprint density at radius 3 is 2.71 bits per heavy atom. The van der Waals surface area contributed by atoms with E-state index in [1.807, 2.05) is 32.2 Å². The summed E-state index contributed by atoms with van der Waals surface area (Å²) in [6, 6.07) is 5.44. The van der Waals surface area contributed by atoms with Gasteiger partial charge in [0.2, 0.25) is 0 Å². The lowest BCUT2D eigenvalue weighted by molar-refractivity contribution is -0.143. The van der Waals surface area contributed by atoms with Crippen LogP contribution in [0.2, 0.25) is 18.6 Å². The highest BCUT2D eigenvalue weighted by molar-refractivity contribution is 6.71. The summed E-state index contributed by atoms with van der Waals surface area (Å²) in [6.07, 6.45) is 0.0555. The Morgan fingerprint density at radius 1 is 1.42 bits per heavy atom. The molecule has 1 aromatic rings. The number of ether oxygens (including phenoxy) is 2. The Bertz CT molecular complexity index is 659. The van der Waals surface area contributed by atoms with Gasteiger partial charge in [0.05, 0.1) is 13.2 Å². The lowest BCUT2D eigenvalue weighted by Crippen LogP contribution is -2.43. The number of rotatable bonds is 4. The molecule has 6 nitrogen and oxygen atoms in total. The zero-order valence-corrected chi connectivity index (χ0v) is 15.5. The highest BCUT2D eigenvalue weighted by Crippen LogP contribution is 2.58. The molecule has 1 amide bonds. The van der Waals surface area contributed by atoms with Crippen LogP contribution in [-0.4, -0.2) is 43.9 Å². The maximum Gasteiger partial charge on any atom is 0.261 e. The van der Waals surface area contributed by atoms with Gasteiger partial charge in [0.1, 0.15) is 5.75 Å². The van der Waals surface area contributed by atoms with E-state index in [2.05, 4.69) is 5.32 Å². The molecular weight excluding hydrogens is 326 g/mol. The zero-order valence-electron chi connectivity index (χ0n) is 14.5. The van der Waals surface area contributed by atoms with Gasteiger partial charge in [-0.1, -0.05) is 6.92 Å². The van der Waals surface area contributed by atoms with Gasteiger partial charge >= 0.3 is 0 Å². The Kier molecular flexibility index (Phi) is 4.24. The molecule has 0 radical (unpaired) electrons. The number of amides is 1. The molecule has 0 saturated carbocycles. The molecule has 24 heavy (non-hydrogen) atoms. The highest BCUT2D eigenvalue weighted by atomic mass is 28.4. The summed E-state index contributed by atoms with van der Waals surface area (Å²) in [5.74, 6) is 0.249. The molecule has 3 rings (SSSR count). The van der Waals surface area contributed by atoms with Crippen LogP contribution in [0.25, 0.3) is 0 Å². The molecule has 1 spiro atoms. The molecule has 2 heterocycles. The predicted octanol–water partition coefficient (Wildman–Crippen LogP) is 1.83. The number of carbonyl (C=O) groups excluding carboxylic acids is 1. The lowest BCUT2D eigenvalue weighted by atomic mass is 9.82. The first-order valence-electron chi connectivity index (χ1n) is 8.26. The summed E-state index contributed by atoms with van der Waals surface area (Å²) in [7, 11) is -1.02. The van der Waals surface area contributed by atoms with Gasteiger partial charge in [0.25, 0.3) is 5.91 Å². The fourth-order valence-corrected chi connectivity index (χ4v) is 7.00. The van der Waals surface area contributed by atoms with Crippen LogP contribution in [0.5, 0.6) is 5.75 Å². The number of carbonyl (C=O) groups is 1. The van der Waals surface area contributed by atoms with Gasteiger partial charge in [0, 0.05) is 29.3 Å². The molecule has 7 heteroatoms. The van der Waals surface area contributed by atoms with E-state index in [1.165, 1.54) is 0 Å². The van der Waals surface area contributed by atoms with Crippen molar-refractivity contribution in [1.29, 1.82) is 0 Å². The van der Waals surface area contributed by atoms with Crippen LogP contribution in [0.1, 0.15) is 18.9 Å². The van der Waals surface area contributed by atoms with Crippen LogP contribution in [0.4, 0.5) is 5.69 Å². The van der Waals surface area contributed by atoms with Crippen molar-refractivity contribution in [2.45, 2.75) is 43.7 Å². The van der Waals surface area contributed by atoms with Gasteiger partial charge in [-0.25, -0.2) is 0 Å². The second kappa shape index (κ2) is 5.84.